The molecule has 1 aromatic heterocycles. The Bertz CT molecular complexity index is 1120. The summed E-state index contributed by atoms with van der Waals surface area (Å²) < 4.78 is 23.9. The van der Waals surface area contributed by atoms with Crippen LogP contribution >= 0.6 is 0 Å². The first-order chi connectivity index (χ1) is 13.9. The Kier molecular flexibility index (Phi) is 6.17. The normalized spacial score (nSPS) is 12.1. The van der Waals surface area contributed by atoms with Crippen LogP contribution in [-0.4, -0.2) is 24.2 Å². The second kappa shape index (κ2) is 8.78. The summed E-state index contributed by atoms with van der Waals surface area (Å²) in [6, 6.07) is 14.2. The lowest BCUT2D eigenvalue weighted by Crippen LogP contribution is -2.23. The highest BCUT2D eigenvalue weighted by molar-refractivity contribution is 7.89. The van der Waals surface area contributed by atoms with Crippen LogP contribution in [0.5, 0.6) is 0 Å². The van der Waals surface area contributed by atoms with Gasteiger partial charge in [0.2, 0.25) is 10.0 Å². The molecule has 150 valence electrons. The van der Waals surface area contributed by atoms with Crippen molar-refractivity contribution in [3.8, 4) is 11.1 Å². The Balaban J connectivity index is 1.84. The van der Waals surface area contributed by atoms with Gasteiger partial charge in [-0.25, -0.2) is 23.5 Å². The summed E-state index contributed by atoms with van der Waals surface area (Å²) in [6.07, 6.45) is 3.21. The lowest BCUT2D eigenvalue weighted by atomic mass is 9.98. The predicted octanol–water partition coefficient (Wildman–Crippen LogP) is 0.660. The monoisotopic (exact) mass is 411 g/mol. The Labute approximate surface area is 168 Å². The Morgan fingerprint density at radius 2 is 1.83 bits per heavy atom. The molecular weight excluding hydrogens is 390 g/mol. The van der Waals surface area contributed by atoms with Gasteiger partial charge in [-0.05, 0) is 28.8 Å². The van der Waals surface area contributed by atoms with Crippen molar-refractivity contribution in [3.63, 3.8) is 0 Å². The number of aromatic nitrogens is 2. The van der Waals surface area contributed by atoms with E-state index in [1.807, 2.05) is 30.3 Å². The van der Waals surface area contributed by atoms with E-state index in [1.165, 1.54) is 12.4 Å². The lowest BCUT2D eigenvalue weighted by molar-refractivity contribution is 0.597. The molecule has 0 atom stereocenters. The number of hydrazone groups is 1. The number of amidine groups is 1. The first-order valence-corrected chi connectivity index (χ1v) is 10.2. The average Bonchev–Trinajstić information content (AvgIpc) is 2.73. The van der Waals surface area contributed by atoms with Crippen molar-refractivity contribution in [1.29, 1.82) is 0 Å². The van der Waals surface area contributed by atoms with Crippen LogP contribution in [0.4, 0.5) is 0 Å². The number of nitrogens with one attached hydrogen (secondary N) is 1. The summed E-state index contributed by atoms with van der Waals surface area (Å²) in [4.78, 5) is 7.92. The van der Waals surface area contributed by atoms with E-state index in [0.717, 1.165) is 16.8 Å². The Morgan fingerprint density at radius 1 is 1.07 bits per heavy atom. The third kappa shape index (κ3) is 4.93. The number of primary sulfonamides is 1. The van der Waals surface area contributed by atoms with Crippen molar-refractivity contribution in [2.75, 3.05) is 0 Å². The van der Waals surface area contributed by atoms with Crippen LogP contribution < -0.4 is 22.0 Å². The Morgan fingerprint density at radius 3 is 2.45 bits per heavy atom. The predicted molar refractivity (Wildman–Crippen MR) is 111 cm³/mol. The van der Waals surface area contributed by atoms with E-state index in [-0.39, 0.29) is 16.3 Å². The Hall–Kier alpha value is -3.34. The van der Waals surface area contributed by atoms with Crippen LogP contribution in [-0.2, 0) is 23.1 Å². The molecule has 0 fully saturated rings. The third-order valence-corrected chi connectivity index (χ3v) is 5.22. The van der Waals surface area contributed by atoms with Crippen LogP contribution in [0.25, 0.3) is 11.1 Å². The first-order valence-electron chi connectivity index (χ1n) is 8.64. The van der Waals surface area contributed by atoms with Gasteiger partial charge in [0.05, 0.1) is 10.6 Å². The van der Waals surface area contributed by atoms with Gasteiger partial charge in [0.1, 0.15) is 6.33 Å². The molecule has 0 spiro atoms. The topological polar surface area (TPSA) is 162 Å². The fraction of sp³-hybridized carbons (Fsp3) is 0.105. The third-order valence-electron chi connectivity index (χ3n) is 4.27. The number of nitrogens with two attached hydrogens (primary N) is 3. The molecule has 0 saturated carbocycles. The maximum absolute atomic E-state index is 12.0. The van der Waals surface area contributed by atoms with Crippen molar-refractivity contribution in [3.05, 3.63) is 77.9 Å². The van der Waals surface area contributed by atoms with E-state index in [4.69, 9.17) is 16.7 Å². The van der Waals surface area contributed by atoms with Gasteiger partial charge in [0.15, 0.2) is 5.84 Å². The largest absolute Gasteiger partial charge is 0.382 e. The lowest BCUT2D eigenvalue weighted by Gasteiger charge is -2.13. The van der Waals surface area contributed by atoms with Crippen LogP contribution in [0.15, 0.2) is 71.1 Å². The molecule has 0 bridgehead atoms. The molecule has 0 radical (unpaired) electrons. The van der Waals surface area contributed by atoms with Gasteiger partial charge in [-0.3, -0.25) is 0 Å². The van der Waals surface area contributed by atoms with Gasteiger partial charge in [0.25, 0.3) is 0 Å². The summed E-state index contributed by atoms with van der Waals surface area (Å²) in [6.45, 7) is 1.26. The molecule has 0 unspecified atom stereocenters. The fourth-order valence-electron chi connectivity index (χ4n) is 2.90. The van der Waals surface area contributed by atoms with Crippen molar-refractivity contribution in [2.24, 2.45) is 21.8 Å². The quantitative estimate of drug-likeness (QED) is 0.192. The van der Waals surface area contributed by atoms with Crippen LogP contribution in [0.1, 0.15) is 16.8 Å². The maximum atomic E-state index is 12.0. The number of rotatable bonds is 7. The van der Waals surface area contributed by atoms with Crippen molar-refractivity contribution >= 4 is 15.9 Å². The van der Waals surface area contributed by atoms with Gasteiger partial charge in [-0.2, -0.15) is 5.10 Å². The van der Waals surface area contributed by atoms with Gasteiger partial charge in [0, 0.05) is 24.8 Å². The highest BCUT2D eigenvalue weighted by atomic mass is 32.2. The zero-order valence-corrected chi connectivity index (χ0v) is 16.3. The molecule has 0 amide bonds. The number of sulfonamides is 1. The first kappa shape index (κ1) is 20.4. The maximum Gasteiger partial charge on any atom is 0.238 e. The average molecular weight is 411 g/mol. The summed E-state index contributed by atoms with van der Waals surface area (Å²) in [5.41, 5.74) is 9.34. The minimum Gasteiger partial charge on any atom is -0.382 e. The van der Waals surface area contributed by atoms with Crippen LogP contribution in [0, 0.1) is 0 Å². The molecule has 0 aliphatic rings. The second-order valence-electron chi connectivity index (χ2n) is 6.24. The molecule has 9 nitrogen and oxygen atoms in total. The van der Waals surface area contributed by atoms with E-state index in [9.17, 15) is 8.42 Å². The van der Waals surface area contributed by atoms with Crippen LogP contribution in [0.3, 0.4) is 0 Å². The van der Waals surface area contributed by atoms with Gasteiger partial charge >= 0.3 is 0 Å². The molecule has 29 heavy (non-hydrogen) atoms. The minimum absolute atomic E-state index is 0.111. The summed E-state index contributed by atoms with van der Waals surface area (Å²) in [5.74, 6) is 5.19. The molecule has 10 heteroatoms. The smallest absolute Gasteiger partial charge is 0.238 e. The van der Waals surface area contributed by atoms with E-state index < -0.39 is 10.0 Å². The van der Waals surface area contributed by atoms with E-state index >= 15 is 0 Å². The van der Waals surface area contributed by atoms with Gasteiger partial charge < -0.3 is 16.9 Å². The van der Waals surface area contributed by atoms with Gasteiger partial charge in [-0.1, -0.05) is 36.4 Å². The second-order valence-corrected chi connectivity index (χ2v) is 7.77. The van der Waals surface area contributed by atoms with Crippen molar-refractivity contribution < 1.29 is 8.42 Å². The zero-order valence-electron chi connectivity index (χ0n) is 15.5. The fourth-order valence-corrected chi connectivity index (χ4v) is 3.66. The van der Waals surface area contributed by atoms with Crippen molar-refractivity contribution in [1.82, 2.24) is 15.3 Å². The van der Waals surface area contributed by atoms with Crippen molar-refractivity contribution in [2.45, 2.75) is 18.0 Å². The molecule has 0 aliphatic heterocycles. The number of hydrogen-bond donors (Lipinski definition) is 4. The van der Waals surface area contributed by atoms with E-state index in [0.29, 0.717) is 18.7 Å². The molecule has 7 N–H and O–H groups in total. The number of hydrogen-bond acceptors (Lipinski definition) is 7. The molecule has 1 heterocycles. The molecule has 3 rings (SSSR count). The summed E-state index contributed by atoms with van der Waals surface area (Å²) in [5, 5.41) is 12.1. The van der Waals surface area contributed by atoms with E-state index in [1.54, 1.807) is 18.3 Å². The molecule has 2 aromatic carbocycles. The minimum atomic E-state index is -4.00. The standard InChI is InChI=1S/C19H21N7O2S/c20-19(26-21)18-16(2-1-3-17(18)29(22,27)28)14-6-4-13(5-7-14)10-24-11-15-8-9-23-12-25-15/h1-9,12,24H,10-11,21H2,(H2,20,26)(H2,22,27,28). The number of nitrogens with zero attached hydrogens (tertiary/aromatic N) is 3. The van der Waals surface area contributed by atoms with E-state index in [2.05, 4.69) is 20.4 Å². The van der Waals surface area contributed by atoms with Gasteiger partial charge in [-0.15, -0.1) is 0 Å². The molecule has 0 aliphatic carbocycles. The SMILES string of the molecule is N/N=C(\N)c1c(-c2ccc(CNCc3ccncn3)cc2)cccc1S(N)(=O)=O. The summed E-state index contributed by atoms with van der Waals surface area (Å²) in [7, 11) is -4.00. The summed E-state index contributed by atoms with van der Waals surface area (Å²) >= 11 is 0. The zero-order chi connectivity index (χ0) is 20.9. The molecule has 0 saturated heterocycles. The number of benzene rings is 2. The highest BCUT2D eigenvalue weighted by Gasteiger charge is 2.20. The molecular formula is C19H21N7O2S. The highest BCUT2D eigenvalue weighted by Crippen LogP contribution is 2.28. The molecule has 3 aromatic rings. The van der Waals surface area contributed by atoms with Crippen LogP contribution in [0.2, 0.25) is 0 Å².